The molecule has 3 heteroatoms. The lowest BCUT2D eigenvalue weighted by atomic mass is 9.98. The average Bonchev–Trinajstić information content (AvgIpc) is 2.92. The third-order valence-electron chi connectivity index (χ3n) is 3.89. The molecule has 22 heavy (non-hydrogen) atoms. The summed E-state index contributed by atoms with van der Waals surface area (Å²) in [5.41, 5.74) is 5.13. The Kier molecular flexibility index (Phi) is 2.98. The second-order valence-corrected chi connectivity index (χ2v) is 5.72. The molecule has 2 heterocycles. The van der Waals surface area contributed by atoms with Crippen LogP contribution < -0.4 is 0 Å². The fraction of sp³-hybridized carbons (Fsp3) is 0. The van der Waals surface area contributed by atoms with Gasteiger partial charge in [-0.3, -0.25) is 0 Å². The highest BCUT2D eigenvalue weighted by Crippen LogP contribution is 2.30. The summed E-state index contributed by atoms with van der Waals surface area (Å²) in [5.74, 6) is 0. The summed E-state index contributed by atoms with van der Waals surface area (Å²) in [6.45, 7) is 4.23. The number of halogens is 1. The van der Waals surface area contributed by atoms with Crippen LogP contribution in [0.2, 0.25) is 5.02 Å². The molecule has 1 N–H and O–H groups in total. The molecule has 0 aliphatic carbocycles. The van der Waals surface area contributed by atoms with E-state index in [-0.39, 0.29) is 0 Å². The second-order valence-electron chi connectivity index (χ2n) is 5.28. The summed E-state index contributed by atoms with van der Waals surface area (Å²) < 4.78 is 0. The van der Waals surface area contributed by atoms with Crippen LogP contribution >= 0.6 is 11.6 Å². The zero-order valence-electron chi connectivity index (χ0n) is 11.8. The molecule has 0 amide bonds. The van der Waals surface area contributed by atoms with Gasteiger partial charge < -0.3 is 4.98 Å². The van der Waals surface area contributed by atoms with E-state index in [2.05, 4.69) is 46.9 Å². The molecule has 4 rings (SSSR count). The van der Waals surface area contributed by atoms with E-state index in [9.17, 15) is 0 Å². The molecule has 0 radical (unpaired) electrons. The van der Waals surface area contributed by atoms with Crippen molar-refractivity contribution in [1.82, 2.24) is 9.97 Å². The SMILES string of the molecule is C=C(c1ccccc1)c1ccc2[nH]c3ncc(Cl)cc3c2c1. The summed E-state index contributed by atoms with van der Waals surface area (Å²) in [5, 5.41) is 2.78. The lowest BCUT2D eigenvalue weighted by Gasteiger charge is -2.06. The first-order valence-electron chi connectivity index (χ1n) is 7.04. The van der Waals surface area contributed by atoms with E-state index in [1.807, 2.05) is 24.3 Å². The van der Waals surface area contributed by atoms with Gasteiger partial charge in [0.25, 0.3) is 0 Å². The van der Waals surface area contributed by atoms with E-state index in [1.165, 1.54) is 0 Å². The Labute approximate surface area is 133 Å². The van der Waals surface area contributed by atoms with Crippen molar-refractivity contribution in [3.05, 3.63) is 83.5 Å². The van der Waals surface area contributed by atoms with Crippen LogP contribution in [0.15, 0.2) is 67.4 Å². The molecule has 106 valence electrons. The molecule has 2 nitrogen and oxygen atoms in total. The van der Waals surface area contributed by atoms with Crippen molar-refractivity contribution < 1.29 is 0 Å². The fourth-order valence-electron chi connectivity index (χ4n) is 2.74. The summed E-state index contributed by atoms with van der Waals surface area (Å²) in [6, 6.07) is 18.4. The van der Waals surface area contributed by atoms with Gasteiger partial charge in [0, 0.05) is 22.5 Å². The molecule has 2 aromatic heterocycles. The predicted molar refractivity (Wildman–Crippen MR) is 93.2 cm³/mol. The number of hydrogen-bond donors (Lipinski definition) is 1. The maximum Gasteiger partial charge on any atom is 0.138 e. The summed E-state index contributed by atoms with van der Waals surface area (Å²) >= 11 is 6.08. The molecule has 0 saturated carbocycles. The van der Waals surface area contributed by atoms with Crippen LogP contribution in [0.1, 0.15) is 11.1 Å². The molecule has 0 bridgehead atoms. The van der Waals surface area contributed by atoms with Gasteiger partial charge in [-0.15, -0.1) is 0 Å². The maximum absolute atomic E-state index is 6.08. The van der Waals surface area contributed by atoms with E-state index in [1.54, 1.807) is 6.20 Å². The van der Waals surface area contributed by atoms with E-state index >= 15 is 0 Å². The zero-order valence-corrected chi connectivity index (χ0v) is 12.6. The van der Waals surface area contributed by atoms with E-state index in [0.29, 0.717) is 5.02 Å². The Bertz CT molecular complexity index is 1000. The maximum atomic E-state index is 6.08. The van der Waals surface area contributed by atoms with Crippen LogP contribution in [-0.2, 0) is 0 Å². The number of aromatic amines is 1. The minimum absolute atomic E-state index is 0.640. The number of nitrogens with zero attached hydrogens (tertiary/aromatic N) is 1. The number of benzene rings is 2. The van der Waals surface area contributed by atoms with Gasteiger partial charge in [0.05, 0.1) is 5.02 Å². The van der Waals surface area contributed by atoms with E-state index in [0.717, 1.165) is 38.6 Å². The number of nitrogens with one attached hydrogen (secondary N) is 1. The number of rotatable bonds is 2. The summed E-state index contributed by atoms with van der Waals surface area (Å²) in [6.07, 6.45) is 1.66. The molecule has 0 spiro atoms. The normalized spacial score (nSPS) is 11.1. The molecular formula is C19H13ClN2. The minimum atomic E-state index is 0.640. The third kappa shape index (κ3) is 2.09. The first-order valence-corrected chi connectivity index (χ1v) is 7.42. The van der Waals surface area contributed by atoms with Crippen molar-refractivity contribution in [3.63, 3.8) is 0 Å². The smallest absolute Gasteiger partial charge is 0.138 e. The van der Waals surface area contributed by atoms with Gasteiger partial charge in [-0.2, -0.15) is 0 Å². The van der Waals surface area contributed by atoms with Gasteiger partial charge in [-0.05, 0) is 34.9 Å². The van der Waals surface area contributed by atoms with Crippen molar-refractivity contribution in [2.75, 3.05) is 0 Å². The zero-order chi connectivity index (χ0) is 15.1. The molecule has 0 aliphatic rings. The summed E-state index contributed by atoms with van der Waals surface area (Å²) in [7, 11) is 0. The van der Waals surface area contributed by atoms with Gasteiger partial charge in [0.15, 0.2) is 0 Å². The number of H-pyrrole nitrogens is 1. The molecule has 0 saturated heterocycles. The van der Waals surface area contributed by atoms with Crippen molar-refractivity contribution in [3.8, 4) is 0 Å². The standard InChI is InChI=1S/C19H13ClN2/c1-12(13-5-3-2-4-6-13)14-7-8-18-16(9-14)17-10-15(20)11-21-19(17)22-18/h2-11H,1H2,(H,21,22). The fourth-order valence-corrected chi connectivity index (χ4v) is 2.90. The van der Waals surface area contributed by atoms with Crippen molar-refractivity contribution in [2.45, 2.75) is 0 Å². The Hall–Kier alpha value is -2.58. The third-order valence-corrected chi connectivity index (χ3v) is 4.09. The Balaban J connectivity index is 1.91. The Morgan fingerprint density at radius 3 is 2.59 bits per heavy atom. The number of hydrogen-bond acceptors (Lipinski definition) is 1. The molecule has 0 unspecified atom stereocenters. The summed E-state index contributed by atoms with van der Waals surface area (Å²) in [4.78, 5) is 7.65. The highest BCUT2D eigenvalue weighted by molar-refractivity contribution is 6.31. The lowest BCUT2D eigenvalue weighted by Crippen LogP contribution is -1.85. The molecule has 4 aromatic rings. The largest absolute Gasteiger partial charge is 0.339 e. The Morgan fingerprint density at radius 2 is 1.77 bits per heavy atom. The molecular weight excluding hydrogens is 292 g/mol. The lowest BCUT2D eigenvalue weighted by molar-refractivity contribution is 1.35. The molecule has 0 aliphatic heterocycles. The van der Waals surface area contributed by atoms with Gasteiger partial charge in [0.2, 0.25) is 0 Å². The van der Waals surface area contributed by atoms with Gasteiger partial charge in [-0.1, -0.05) is 54.6 Å². The van der Waals surface area contributed by atoms with Gasteiger partial charge >= 0.3 is 0 Å². The first kappa shape index (κ1) is 13.1. The van der Waals surface area contributed by atoms with Crippen molar-refractivity contribution in [2.24, 2.45) is 0 Å². The highest BCUT2D eigenvalue weighted by Gasteiger charge is 2.09. The van der Waals surface area contributed by atoms with Gasteiger partial charge in [-0.25, -0.2) is 4.98 Å². The van der Waals surface area contributed by atoms with Crippen LogP contribution in [0, 0.1) is 0 Å². The van der Waals surface area contributed by atoms with E-state index < -0.39 is 0 Å². The van der Waals surface area contributed by atoms with Crippen LogP contribution in [-0.4, -0.2) is 9.97 Å². The number of aromatic nitrogens is 2. The van der Waals surface area contributed by atoms with E-state index in [4.69, 9.17) is 11.6 Å². The second kappa shape index (κ2) is 5.00. The van der Waals surface area contributed by atoms with Crippen LogP contribution in [0.5, 0.6) is 0 Å². The molecule has 0 atom stereocenters. The van der Waals surface area contributed by atoms with Crippen molar-refractivity contribution in [1.29, 1.82) is 0 Å². The Morgan fingerprint density at radius 1 is 0.955 bits per heavy atom. The highest BCUT2D eigenvalue weighted by atomic mass is 35.5. The monoisotopic (exact) mass is 304 g/mol. The number of fused-ring (bicyclic) bond motifs is 3. The van der Waals surface area contributed by atoms with Gasteiger partial charge in [0.1, 0.15) is 5.65 Å². The minimum Gasteiger partial charge on any atom is -0.339 e. The van der Waals surface area contributed by atoms with Crippen molar-refractivity contribution >= 4 is 39.1 Å². The molecule has 2 aromatic carbocycles. The number of pyridine rings is 1. The topological polar surface area (TPSA) is 28.7 Å². The first-order chi connectivity index (χ1) is 10.7. The average molecular weight is 305 g/mol. The quantitative estimate of drug-likeness (QED) is 0.525. The molecule has 0 fully saturated rings. The predicted octanol–water partition coefficient (Wildman–Crippen LogP) is 5.43. The van der Waals surface area contributed by atoms with Crippen LogP contribution in [0.25, 0.3) is 27.5 Å². The van der Waals surface area contributed by atoms with Crippen LogP contribution in [0.4, 0.5) is 0 Å². The van der Waals surface area contributed by atoms with Crippen LogP contribution in [0.3, 0.4) is 0 Å².